The van der Waals surface area contributed by atoms with Crippen LogP contribution in [0.2, 0.25) is 5.02 Å². The molecule has 0 saturated carbocycles. The average molecular weight is 435 g/mol. The number of H-pyrrole nitrogens is 2. The fourth-order valence-electron chi connectivity index (χ4n) is 3.49. The Labute approximate surface area is 180 Å². The first kappa shape index (κ1) is 19.0. The lowest BCUT2D eigenvalue weighted by Gasteiger charge is -2.35. The van der Waals surface area contributed by atoms with E-state index in [0.717, 1.165) is 10.9 Å². The van der Waals surface area contributed by atoms with Crippen molar-refractivity contribution in [1.29, 1.82) is 5.26 Å². The number of halogens is 1. The van der Waals surface area contributed by atoms with Crippen LogP contribution in [0.25, 0.3) is 33.5 Å². The molecule has 0 bridgehead atoms. The molecule has 0 spiro atoms. The number of carbonyl (C=O) groups is 2. The van der Waals surface area contributed by atoms with E-state index in [1.165, 1.54) is 11.1 Å². The third kappa shape index (κ3) is 3.35. The first-order valence-corrected chi connectivity index (χ1v) is 9.85. The summed E-state index contributed by atoms with van der Waals surface area (Å²) in [6, 6.07) is 7.48. The molecule has 3 aromatic heterocycles. The van der Waals surface area contributed by atoms with Crippen LogP contribution in [0.1, 0.15) is 10.4 Å². The van der Waals surface area contributed by atoms with E-state index in [4.69, 9.17) is 16.9 Å². The summed E-state index contributed by atoms with van der Waals surface area (Å²) in [5, 5.41) is 20.1. The molecule has 1 aromatic carbocycles. The van der Waals surface area contributed by atoms with Gasteiger partial charge < -0.3 is 15.2 Å². The molecule has 0 unspecified atom stereocenters. The Morgan fingerprint density at radius 2 is 2.19 bits per heavy atom. The highest BCUT2D eigenvalue weighted by molar-refractivity contribution is 6.31. The molecule has 2 amide bonds. The second-order valence-corrected chi connectivity index (χ2v) is 7.66. The largest absolute Gasteiger partial charge is 0.344 e. The lowest BCUT2D eigenvalue weighted by molar-refractivity contribution is -0.135. The fraction of sp³-hybridized carbons (Fsp3) is 0.200. The highest BCUT2D eigenvalue weighted by Gasteiger charge is 2.30. The molecule has 1 aliphatic heterocycles. The van der Waals surface area contributed by atoms with Crippen molar-refractivity contribution in [1.82, 2.24) is 35.4 Å². The van der Waals surface area contributed by atoms with Crippen LogP contribution in [0.3, 0.4) is 0 Å². The van der Waals surface area contributed by atoms with Gasteiger partial charge in [0.25, 0.3) is 5.91 Å². The minimum atomic E-state index is -0.443. The Morgan fingerprint density at radius 1 is 1.35 bits per heavy atom. The zero-order valence-electron chi connectivity index (χ0n) is 16.0. The number of fused-ring (bicyclic) bond motifs is 2. The van der Waals surface area contributed by atoms with Gasteiger partial charge in [0.2, 0.25) is 5.91 Å². The number of benzene rings is 1. The van der Waals surface area contributed by atoms with Gasteiger partial charge in [0, 0.05) is 29.7 Å². The third-order valence-corrected chi connectivity index (χ3v) is 5.45. The summed E-state index contributed by atoms with van der Waals surface area (Å²) >= 11 is 6.03. The maximum Gasteiger partial charge on any atom is 0.255 e. The summed E-state index contributed by atoms with van der Waals surface area (Å²) < 4.78 is 0. The van der Waals surface area contributed by atoms with Gasteiger partial charge in [0.15, 0.2) is 5.65 Å². The second kappa shape index (κ2) is 7.37. The van der Waals surface area contributed by atoms with E-state index in [0.29, 0.717) is 40.7 Å². The number of nitrogens with zero attached hydrogens (tertiary/aromatic N) is 5. The van der Waals surface area contributed by atoms with Crippen LogP contribution in [-0.2, 0) is 4.79 Å². The lowest BCUT2D eigenvalue weighted by atomic mass is 10.0. The summed E-state index contributed by atoms with van der Waals surface area (Å²) in [4.78, 5) is 38.2. The minimum Gasteiger partial charge on any atom is -0.344 e. The van der Waals surface area contributed by atoms with E-state index >= 15 is 0 Å². The Hall–Kier alpha value is -3.97. The van der Waals surface area contributed by atoms with Gasteiger partial charge in [0.05, 0.1) is 35.8 Å². The molecular weight excluding hydrogens is 420 g/mol. The van der Waals surface area contributed by atoms with Crippen molar-refractivity contribution >= 4 is 45.5 Å². The first-order valence-electron chi connectivity index (χ1n) is 9.47. The summed E-state index contributed by atoms with van der Waals surface area (Å²) in [6.45, 7) is 0.646. The standard InChI is InChI=1S/C20H15ClN8O2/c21-11-1-2-12-14(3-11)27-28-17(12)15-6-24-19-18(26-15)13(5-23-19)20(31)25-7-16(30)29-8-10(4-22)9-29/h1-3,5-6,10H,7-9H2,(H,23,24)(H,25,31)(H,27,28). The number of amides is 2. The Morgan fingerprint density at radius 3 is 3.00 bits per heavy atom. The number of hydrogen-bond acceptors (Lipinski definition) is 6. The molecule has 154 valence electrons. The summed E-state index contributed by atoms with van der Waals surface area (Å²) in [5.41, 5.74) is 2.95. The van der Waals surface area contributed by atoms with Crippen molar-refractivity contribution < 1.29 is 9.59 Å². The maximum atomic E-state index is 12.7. The number of carbonyl (C=O) groups excluding carboxylic acids is 2. The molecule has 1 fully saturated rings. The third-order valence-electron chi connectivity index (χ3n) is 5.21. The second-order valence-electron chi connectivity index (χ2n) is 7.22. The molecule has 10 nitrogen and oxygen atoms in total. The predicted octanol–water partition coefficient (Wildman–Crippen LogP) is 1.87. The normalized spacial score (nSPS) is 13.9. The van der Waals surface area contributed by atoms with Crippen molar-refractivity contribution in [3.8, 4) is 17.5 Å². The van der Waals surface area contributed by atoms with Crippen molar-refractivity contribution in [2.75, 3.05) is 19.6 Å². The number of rotatable bonds is 4. The topological polar surface area (TPSA) is 143 Å². The van der Waals surface area contributed by atoms with Gasteiger partial charge in [-0.3, -0.25) is 14.7 Å². The minimum absolute atomic E-state index is 0.129. The van der Waals surface area contributed by atoms with Gasteiger partial charge in [-0.15, -0.1) is 0 Å². The van der Waals surface area contributed by atoms with E-state index in [2.05, 4.69) is 36.5 Å². The molecule has 11 heteroatoms. The van der Waals surface area contributed by atoms with Gasteiger partial charge in [-0.25, -0.2) is 9.97 Å². The van der Waals surface area contributed by atoms with Crippen LogP contribution in [0.15, 0.2) is 30.6 Å². The molecular formula is C20H15ClN8O2. The van der Waals surface area contributed by atoms with E-state index in [1.807, 2.05) is 6.07 Å². The summed E-state index contributed by atoms with van der Waals surface area (Å²) in [7, 11) is 0. The van der Waals surface area contributed by atoms with Gasteiger partial charge in [-0.1, -0.05) is 11.6 Å². The molecule has 5 rings (SSSR count). The van der Waals surface area contributed by atoms with Crippen LogP contribution < -0.4 is 5.32 Å². The van der Waals surface area contributed by atoms with Crippen molar-refractivity contribution in [3.63, 3.8) is 0 Å². The molecule has 4 aromatic rings. The molecule has 0 aliphatic carbocycles. The maximum absolute atomic E-state index is 12.7. The van der Waals surface area contributed by atoms with Crippen molar-refractivity contribution in [2.45, 2.75) is 0 Å². The average Bonchev–Trinajstić information content (AvgIpc) is 3.34. The lowest BCUT2D eigenvalue weighted by Crippen LogP contribution is -2.52. The first-order chi connectivity index (χ1) is 15.0. The molecule has 4 heterocycles. The Bertz CT molecular complexity index is 1380. The van der Waals surface area contributed by atoms with Crippen LogP contribution in [0, 0.1) is 17.2 Å². The number of nitrogens with one attached hydrogen (secondary N) is 3. The van der Waals surface area contributed by atoms with E-state index in [9.17, 15) is 9.59 Å². The predicted molar refractivity (Wildman–Crippen MR) is 112 cm³/mol. The summed E-state index contributed by atoms with van der Waals surface area (Å²) in [5.74, 6) is -0.800. The van der Waals surface area contributed by atoms with Crippen LogP contribution in [-0.4, -0.2) is 61.5 Å². The molecule has 0 atom stereocenters. The zero-order chi connectivity index (χ0) is 21.5. The van der Waals surface area contributed by atoms with Gasteiger partial charge in [0.1, 0.15) is 16.9 Å². The Kier molecular flexibility index (Phi) is 4.52. The Balaban J connectivity index is 1.38. The van der Waals surface area contributed by atoms with Crippen LogP contribution >= 0.6 is 11.6 Å². The monoisotopic (exact) mass is 434 g/mol. The number of likely N-dealkylation sites (tertiary alicyclic amines) is 1. The van der Waals surface area contributed by atoms with Gasteiger partial charge in [-0.2, -0.15) is 10.4 Å². The van der Waals surface area contributed by atoms with Crippen LogP contribution in [0.4, 0.5) is 0 Å². The molecule has 31 heavy (non-hydrogen) atoms. The quantitative estimate of drug-likeness (QED) is 0.447. The molecule has 0 radical (unpaired) electrons. The number of nitriles is 1. The van der Waals surface area contributed by atoms with E-state index in [1.54, 1.807) is 18.3 Å². The van der Waals surface area contributed by atoms with Crippen molar-refractivity contribution in [2.24, 2.45) is 5.92 Å². The molecule has 3 N–H and O–H groups in total. The van der Waals surface area contributed by atoms with Gasteiger partial charge >= 0.3 is 0 Å². The van der Waals surface area contributed by atoms with Crippen molar-refractivity contribution in [3.05, 3.63) is 41.2 Å². The highest BCUT2D eigenvalue weighted by atomic mass is 35.5. The van der Waals surface area contributed by atoms with Gasteiger partial charge in [-0.05, 0) is 18.2 Å². The molecule has 1 saturated heterocycles. The smallest absolute Gasteiger partial charge is 0.255 e. The number of aromatic nitrogens is 5. The number of hydrogen-bond donors (Lipinski definition) is 3. The molecule has 1 aliphatic rings. The number of aromatic amines is 2. The van der Waals surface area contributed by atoms with E-state index in [-0.39, 0.29) is 23.9 Å². The zero-order valence-corrected chi connectivity index (χ0v) is 16.8. The summed E-state index contributed by atoms with van der Waals surface area (Å²) in [6.07, 6.45) is 3.08. The van der Waals surface area contributed by atoms with Crippen LogP contribution in [0.5, 0.6) is 0 Å². The highest BCUT2D eigenvalue weighted by Crippen LogP contribution is 2.28. The fourth-order valence-corrected chi connectivity index (χ4v) is 3.66. The SMILES string of the molecule is N#CC1CN(C(=O)CNC(=O)c2c[nH]c3ncc(-c4n[nH]c5cc(Cl)ccc45)nc23)C1. The van der Waals surface area contributed by atoms with E-state index < -0.39 is 5.91 Å².